The Morgan fingerprint density at radius 3 is 2.78 bits per heavy atom. The molecule has 1 saturated carbocycles. The molecule has 0 amide bonds. The van der Waals surface area contributed by atoms with Gasteiger partial charge < -0.3 is 0 Å². The van der Waals surface area contributed by atoms with Crippen LogP contribution >= 0.6 is 0 Å². The van der Waals surface area contributed by atoms with Crippen molar-refractivity contribution in [1.82, 2.24) is 0 Å². The molecule has 0 aliphatic heterocycles. The quantitative estimate of drug-likeness (QED) is 0.427. The molecule has 1 fully saturated rings. The maximum absolute atomic E-state index is 5.30. The van der Waals surface area contributed by atoms with Crippen LogP contribution < -0.4 is 0 Å². The highest BCUT2D eigenvalue weighted by molar-refractivity contribution is 5.34. The summed E-state index contributed by atoms with van der Waals surface area (Å²) in [6, 6.07) is 0. The fourth-order valence-electron chi connectivity index (χ4n) is 2.01. The zero-order chi connectivity index (χ0) is 6.27. The van der Waals surface area contributed by atoms with Gasteiger partial charge in [0, 0.05) is 5.57 Å². The van der Waals surface area contributed by atoms with Gasteiger partial charge in [-0.15, -0.1) is 6.42 Å². The van der Waals surface area contributed by atoms with Crippen molar-refractivity contribution < 1.29 is 0 Å². The molecule has 0 nitrogen and oxygen atoms in total. The lowest BCUT2D eigenvalue weighted by atomic mass is 10.00. The van der Waals surface area contributed by atoms with Crippen LogP contribution in [0.3, 0.4) is 0 Å². The van der Waals surface area contributed by atoms with Crippen molar-refractivity contribution in [3.8, 4) is 12.3 Å². The molecule has 0 aromatic carbocycles. The molecule has 2 bridgehead atoms. The number of allylic oxidation sites excluding steroid dienone is 2. The van der Waals surface area contributed by atoms with Gasteiger partial charge in [0.15, 0.2) is 0 Å². The molecule has 2 atom stereocenters. The van der Waals surface area contributed by atoms with Crippen molar-refractivity contribution in [3.63, 3.8) is 0 Å². The van der Waals surface area contributed by atoms with E-state index in [0.717, 1.165) is 11.8 Å². The van der Waals surface area contributed by atoms with E-state index in [-0.39, 0.29) is 0 Å². The van der Waals surface area contributed by atoms with E-state index in [0.29, 0.717) is 0 Å². The molecule has 9 heavy (non-hydrogen) atoms. The van der Waals surface area contributed by atoms with Crippen LogP contribution in [0, 0.1) is 24.2 Å². The predicted molar refractivity (Wildman–Crippen MR) is 37.7 cm³/mol. The Bertz CT molecular complexity index is 193. The molecule has 0 aromatic rings. The third-order valence-electron chi connectivity index (χ3n) is 2.49. The average molecular weight is 118 g/mol. The minimum absolute atomic E-state index is 0.778. The minimum Gasteiger partial charge on any atom is -0.115 e. The molecule has 0 saturated heterocycles. The lowest BCUT2D eigenvalue weighted by molar-refractivity contribution is 0.676. The van der Waals surface area contributed by atoms with Gasteiger partial charge in [-0.3, -0.25) is 0 Å². The monoisotopic (exact) mass is 118 g/mol. The lowest BCUT2D eigenvalue weighted by Gasteiger charge is -2.04. The molecule has 0 radical (unpaired) electrons. The summed E-state index contributed by atoms with van der Waals surface area (Å²) in [5.41, 5.74) is 1.28. The number of terminal acetylenes is 1. The van der Waals surface area contributed by atoms with Crippen molar-refractivity contribution in [2.75, 3.05) is 0 Å². The van der Waals surface area contributed by atoms with E-state index in [9.17, 15) is 0 Å². The third-order valence-corrected chi connectivity index (χ3v) is 2.49. The summed E-state index contributed by atoms with van der Waals surface area (Å²) in [7, 11) is 0. The first-order valence-corrected chi connectivity index (χ1v) is 3.58. The van der Waals surface area contributed by atoms with E-state index in [4.69, 9.17) is 6.42 Å². The fourth-order valence-corrected chi connectivity index (χ4v) is 2.01. The van der Waals surface area contributed by atoms with Crippen molar-refractivity contribution in [1.29, 1.82) is 0 Å². The van der Waals surface area contributed by atoms with E-state index in [2.05, 4.69) is 12.0 Å². The van der Waals surface area contributed by atoms with Crippen molar-refractivity contribution in [2.24, 2.45) is 11.8 Å². The molecule has 0 heteroatoms. The predicted octanol–water partition coefficient (Wildman–Crippen LogP) is 1.98. The summed E-state index contributed by atoms with van der Waals surface area (Å²) in [5, 5.41) is 0. The van der Waals surface area contributed by atoms with E-state index >= 15 is 0 Å². The number of rotatable bonds is 0. The Labute approximate surface area is 56.0 Å². The molecule has 0 heterocycles. The number of fused-ring (bicyclic) bond motifs is 2. The smallest absolute Gasteiger partial charge is 0.00117 e. The van der Waals surface area contributed by atoms with Gasteiger partial charge in [-0.05, 0) is 31.1 Å². The first-order valence-electron chi connectivity index (χ1n) is 3.58. The summed E-state index contributed by atoms with van der Waals surface area (Å²) >= 11 is 0. The molecule has 2 rings (SSSR count). The first-order chi connectivity index (χ1) is 4.40. The summed E-state index contributed by atoms with van der Waals surface area (Å²) < 4.78 is 0. The number of hydrogen-bond donors (Lipinski definition) is 0. The van der Waals surface area contributed by atoms with Gasteiger partial charge in [0.05, 0.1) is 0 Å². The molecular weight excluding hydrogens is 108 g/mol. The van der Waals surface area contributed by atoms with E-state index in [1.165, 1.54) is 24.8 Å². The van der Waals surface area contributed by atoms with Gasteiger partial charge in [0.2, 0.25) is 0 Å². The standard InChI is InChI=1S/C9H10/c1-2-8-5-7-3-4-9(8)6-7/h1,5,7,9H,3-4,6H2. The van der Waals surface area contributed by atoms with Crippen molar-refractivity contribution in [2.45, 2.75) is 19.3 Å². The highest BCUT2D eigenvalue weighted by atomic mass is 14.3. The number of hydrogen-bond acceptors (Lipinski definition) is 0. The fraction of sp³-hybridized carbons (Fsp3) is 0.556. The third kappa shape index (κ3) is 0.612. The Hall–Kier alpha value is -0.700. The summed E-state index contributed by atoms with van der Waals surface area (Å²) in [5.74, 6) is 4.38. The van der Waals surface area contributed by atoms with Gasteiger partial charge in [-0.1, -0.05) is 12.0 Å². The average Bonchev–Trinajstić information content (AvgIpc) is 2.45. The zero-order valence-corrected chi connectivity index (χ0v) is 5.43. The maximum Gasteiger partial charge on any atom is 0.00117 e. The van der Waals surface area contributed by atoms with Gasteiger partial charge in [-0.2, -0.15) is 0 Å². The largest absolute Gasteiger partial charge is 0.115 e. The normalized spacial score (nSPS) is 38.3. The molecule has 0 aromatic heterocycles. The molecule has 2 aliphatic rings. The van der Waals surface area contributed by atoms with Crippen LogP contribution in [-0.4, -0.2) is 0 Å². The SMILES string of the molecule is C#CC1=CC2CCC1C2. The van der Waals surface area contributed by atoms with Gasteiger partial charge in [-0.25, -0.2) is 0 Å². The van der Waals surface area contributed by atoms with Crippen LogP contribution in [0.2, 0.25) is 0 Å². The van der Waals surface area contributed by atoms with Gasteiger partial charge in [0.1, 0.15) is 0 Å². The van der Waals surface area contributed by atoms with E-state index in [1.54, 1.807) is 0 Å². The molecule has 0 spiro atoms. The van der Waals surface area contributed by atoms with Gasteiger partial charge >= 0.3 is 0 Å². The van der Waals surface area contributed by atoms with Crippen LogP contribution in [0.1, 0.15) is 19.3 Å². The van der Waals surface area contributed by atoms with Crippen molar-refractivity contribution >= 4 is 0 Å². The molecule has 0 N–H and O–H groups in total. The Morgan fingerprint density at radius 1 is 1.56 bits per heavy atom. The van der Waals surface area contributed by atoms with Crippen LogP contribution in [0.4, 0.5) is 0 Å². The molecular formula is C9H10. The van der Waals surface area contributed by atoms with Crippen LogP contribution in [0.15, 0.2) is 11.6 Å². The summed E-state index contributed by atoms with van der Waals surface area (Å²) in [6.07, 6.45) is 11.7. The Balaban J connectivity index is 2.30. The zero-order valence-electron chi connectivity index (χ0n) is 5.43. The topological polar surface area (TPSA) is 0 Å². The molecule has 2 aliphatic carbocycles. The Kier molecular flexibility index (Phi) is 0.931. The van der Waals surface area contributed by atoms with Crippen LogP contribution in [0.5, 0.6) is 0 Å². The van der Waals surface area contributed by atoms with Crippen LogP contribution in [-0.2, 0) is 0 Å². The van der Waals surface area contributed by atoms with E-state index < -0.39 is 0 Å². The maximum atomic E-state index is 5.30. The Morgan fingerprint density at radius 2 is 2.44 bits per heavy atom. The summed E-state index contributed by atoms with van der Waals surface area (Å²) in [6.45, 7) is 0. The second-order valence-electron chi connectivity index (χ2n) is 3.04. The lowest BCUT2D eigenvalue weighted by Crippen LogP contribution is -1.93. The molecule has 2 unspecified atom stereocenters. The van der Waals surface area contributed by atoms with Gasteiger partial charge in [0.25, 0.3) is 0 Å². The summed E-state index contributed by atoms with van der Waals surface area (Å²) in [4.78, 5) is 0. The molecule has 46 valence electrons. The highest BCUT2D eigenvalue weighted by Crippen LogP contribution is 2.42. The second-order valence-corrected chi connectivity index (χ2v) is 3.04. The van der Waals surface area contributed by atoms with Crippen molar-refractivity contribution in [3.05, 3.63) is 11.6 Å². The first kappa shape index (κ1) is 5.11. The highest BCUT2D eigenvalue weighted by Gasteiger charge is 2.31. The van der Waals surface area contributed by atoms with Crippen LogP contribution in [0.25, 0.3) is 0 Å². The minimum atomic E-state index is 0.778. The van der Waals surface area contributed by atoms with E-state index in [1.807, 2.05) is 0 Å². The second kappa shape index (κ2) is 1.64.